The van der Waals surface area contributed by atoms with E-state index < -0.39 is 117 Å². The Kier molecular flexibility index (Phi) is 12.3. The minimum atomic E-state index is -5.10. The molecule has 2 aliphatic carbocycles. The number of amides is 4. The molecule has 0 radical (unpaired) electrons. The number of halogens is 6. The van der Waals surface area contributed by atoms with E-state index in [0.29, 0.717) is 18.9 Å². The van der Waals surface area contributed by atoms with E-state index in [4.69, 9.17) is 9.47 Å². The largest absolute Gasteiger partial charge is 0.497 e. The maximum absolute atomic E-state index is 17.7. The van der Waals surface area contributed by atoms with Crippen LogP contribution < -0.4 is 19.5 Å². The molecule has 342 valence electrons. The average Bonchev–Trinajstić information content (AvgIpc) is 4.11. The van der Waals surface area contributed by atoms with Crippen LogP contribution in [0.25, 0.3) is 10.8 Å². The SMILES string of the molecule is CCC(C)N(C(=O)O)[C@@H]1C(=O)N2[C@@H](C[C@@](C)(Oc3nc(C(F)(F)F)cc4cc(OC)ccc34)C2(F)F)C(=O)N[C@]2(C(=O)NS(=O)(=O)C3(CF)CC3)C[C@H]2/C=C\CC[C@H](C)C[C@H]1C. The van der Waals surface area contributed by atoms with Crippen molar-refractivity contribution in [1.29, 1.82) is 0 Å². The molecule has 3 fully saturated rings. The summed E-state index contributed by atoms with van der Waals surface area (Å²) >= 11 is 0. The van der Waals surface area contributed by atoms with Gasteiger partial charge in [-0.3, -0.25) is 28.9 Å². The predicted molar refractivity (Wildman–Crippen MR) is 211 cm³/mol. The molecule has 3 heterocycles. The number of carbonyl (C=O) groups is 4. The Morgan fingerprint density at radius 2 is 1.82 bits per heavy atom. The molecule has 1 unspecified atom stereocenters. The lowest BCUT2D eigenvalue weighted by molar-refractivity contribution is -0.219. The summed E-state index contributed by atoms with van der Waals surface area (Å²) in [4.78, 5) is 60.9. The molecule has 21 heteroatoms. The van der Waals surface area contributed by atoms with Gasteiger partial charge in [0.05, 0.1) is 7.11 Å². The number of nitrogens with one attached hydrogen (secondary N) is 2. The molecule has 0 bridgehead atoms. The van der Waals surface area contributed by atoms with Crippen LogP contribution in [0.4, 0.5) is 31.1 Å². The van der Waals surface area contributed by atoms with E-state index in [2.05, 4.69) is 10.3 Å². The number of ether oxygens (including phenoxy) is 2. The average molecular weight is 904 g/mol. The molecule has 4 aliphatic rings. The summed E-state index contributed by atoms with van der Waals surface area (Å²) in [6.07, 6.45) is -3.78. The first-order valence-electron chi connectivity index (χ1n) is 20.4. The summed E-state index contributed by atoms with van der Waals surface area (Å²) in [6, 6.07) is -5.24. The molecular weight excluding hydrogens is 853 g/mol. The number of carbonyl (C=O) groups excluding carboxylic acids is 3. The molecular formula is C41H51F6N5O9S. The predicted octanol–water partition coefficient (Wildman–Crippen LogP) is 6.58. The minimum Gasteiger partial charge on any atom is -0.497 e. The Morgan fingerprint density at radius 1 is 1.15 bits per heavy atom. The van der Waals surface area contributed by atoms with Gasteiger partial charge >= 0.3 is 18.3 Å². The van der Waals surface area contributed by atoms with Crippen LogP contribution in [-0.4, -0.2) is 106 Å². The zero-order chi connectivity index (χ0) is 46.0. The highest BCUT2D eigenvalue weighted by Crippen LogP contribution is 2.52. The zero-order valence-electron chi connectivity index (χ0n) is 35.0. The molecule has 4 amide bonds. The molecule has 6 rings (SSSR count). The molecule has 2 aliphatic heterocycles. The summed E-state index contributed by atoms with van der Waals surface area (Å²) in [5.41, 5.74) is -6.67. The maximum Gasteiger partial charge on any atom is 0.433 e. The van der Waals surface area contributed by atoms with Crippen LogP contribution in [0.5, 0.6) is 11.6 Å². The number of hydrogen-bond donors (Lipinski definition) is 3. The van der Waals surface area contributed by atoms with E-state index in [-0.39, 0.29) is 59.4 Å². The summed E-state index contributed by atoms with van der Waals surface area (Å²) in [6.45, 7) is 5.92. The van der Waals surface area contributed by atoms with Crippen LogP contribution >= 0.6 is 0 Å². The van der Waals surface area contributed by atoms with Gasteiger partial charge in [-0.25, -0.2) is 22.6 Å². The molecule has 3 N–H and O–H groups in total. The number of nitrogens with zero attached hydrogens (tertiary/aromatic N) is 3. The van der Waals surface area contributed by atoms with Crippen LogP contribution in [0.15, 0.2) is 36.4 Å². The van der Waals surface area contributed by atoms with Crippen molar-refractivity contribution in [2.75, 3.05) is 13.8 Å². The highest BCUT2D eigenvalue weighted by atomic mass is 32.2. The van der Waals surface area contributed by atoms with E-state index in [9.17, 15) is 45.5 Å². The molecule has 8 atom stereocenters. The van der Waals surface area contributed by atoms with E-state index in [1.165, 1.54) is 39.2 Å². The van der Waals surface area contributed by atoms with Gasteiger partial charge in [-0.2, -0.15) is 22.0 Å². The van der Waals surface area contributed by atoms with Crippen molar-refractivity contribution in [2.45, 2.75) is 132 Å². The molecule has 1 saturated heterocycles. The lowest BCUT2D eigenvalue weighted by Crippen LogP contribution is -2.64. The molecule has 62 heavy (non-hydrogen) atoms. The number of carboxylic acid groups (broad SMARTS) is 1. The quantitative estimate of drug-likeness (QED) is 0.134. The summed E-state index contributed by atoms with van der Waals surface area (Å²) in [7, 11) is -3.38. The Morgan fingerprint density at radius 3 is 2.40 bits per heavy atom. The van der Waals surface area contributed by atoms with Crippen molar-refractivity contribution in [3.05, 3.63) is 42.1 Å². The Labute approximate surface area is 354 Å². The van der Waals surface area contributed by atoms with E-state index >= 15 is 13.6 Å². The van der Waals surface area contributed by atoms with Crippen molar-refractivity contribution >= 4 is 44.6 Å². The number of alkyl halides is 6. The van der Waals surface area contributed by atoms with Gasteiger partial charge in [0.25, 0.3) is 11.8 Å². The number of fused-ring (bicyclic) bond motifs is 3. The highest BCUT2D eigenvalue weighted by Gasteiger charge is 2.71. The van der Waals surface area contributed by atoms with Gasteiger partial charge in [-0.05, 0) is 100 Å². The number of hydrogen-bond acceptors (Lipinski definition) is 9. The van der Waals surface area contributed by atoms with Gasteiger partial charge in [0.2, 0.25) is 21.8 Å². The normalized spacial score (nSPS) is 30.7. The first-order valence-corrected chi connectivity index (χ1v) is 21.9. The topological polar surface area (TPSA) is 185 Å². The molecule has 14 nitrogen and oxygen atoms in total. The monoisotopic (exact) mass is 903 g/mol. The number of rotatable bonds is 10. The van der Waals surface area contributed by atoms with Crippen molar-refractivity contribution in [3.8, 4) is 11.6 Å². The third kappa shape index (κ3) is 8.24. The van der Waals surface area contributed by atoms with Crippen molar-refractivity contribution < 1.29 is 68.5 Å². The molecule has 1 aromatic heterocycles. The number of allylic oxidation sites excluding steroid dienone is 1. The van der Waals surface area contributed by atoms with Gasteiger partial charge in [-0.1, -0.05) is 32.9 Å². The molecule has 2 saturated carbocycles. The second-order valence-electron chi connectivity index (χ2n) is 17.4. The second-order valence-corrected chi connectivity index (χ2v) is 19.5. The standard InChI is InChI=1S/C41H51F6N5O9S/c1-7-24(4)51(36(56)57)31-23(3)16-22(2)10-8-9-11-26-19-39(26,35(55)50-62(58,59)38(21-42)14-15-38)49-32(53)29-20-37(5,41(46,47)52(29)34(31)54)61-33-28-13-12-27(60-6)17-25(28)18-30(48-33)40(43,44)45/h9,11-13,17-18,22-24,26,29,31H,7-8,10,14-16,19-21H2,1-6H3,(H,49,53)(H,50,55)(H,56,57)/b11-9-/t22-,23+,24?,26+,29-,31-,37+,39+/m0/s1. The fourth-order valence-corrected chi connectivity index (χ4v) is 10.1. The Balaban J connectivity index is 1.51. The van der Waals surface area contributed by atoms with Crippen LogP contribution in [0.3, 0.4) is 0 Å². The number of methoxy groups -OCH3 is 1. The third-order valence-corrected chi connectivity index (χ3v) is 15.1. The maximum atomic E-state index is 17.7. The summed E-state index contributed by atoms with van der Waals surface area (Å²) in [5.74, 6) is -7.04. The number of sulfonamides is 1. The van der Waals surface area contributed by atoms with Crippen LogP contribution in [0.2, 0.25) is 0 Å². The lowest BCUT2D eigenvalue weighted by atomic mass is 9.86. The fourth-order valence-electron chi connectivity index (χ4n) is 8.71. The third-order valence-electron chi connectivity index (χ3n) is 13.0. The van der Waals surface area contributed by atoms with E-state index in [1.807, 2.05) is 11.6 Å². The van der Waals surface area contributed by atoms with Gasteiger partial charge < -0.3 is 19.9 Å². The molecule has 2 aromatic rings. The molecule has 0 spiro atoms. The number of aromatic nitrogens is 1. The molecule has 1 aromatic carbocycles. The lowest BCUT2D eigenvalue weighted by Gasteiger charge is -2.42. The zero-order valence-corrected chi connectivity index (χ0v) is 35.8. The van der Waals surface area contributed by atoms with Crippen LogP contribution in [0.1, 0.15) is 91.7 Å². The Hall–Kier alpha value is -4.82. The summed E-state index contributed by atoms with van der Waals surface area (Å²) < 4.78 is 129. The summed E-state index contributed by atoms with van der Waals surface area (Å²) in [5, 5.41) is 12.6. The van der Waals surface area contributed by atoms with Crippen molar-refractivity contribution in [2.24, 2.45) is 17.8 Å². The minimum absolute atomic E-state index is 0.0764. The smallest absolute Gasteiger partial charge is 0.433 e. The van der Waals surface area contributed by atoms with Crippen molar-refractivity contribution in [1.82, 2.24) is 24.8 Å². The number of pyridine rings is 1. The van der Waals surface area contributed by atoms with Gasteiger partial charge in [0.15, 0.2) is 5.60 Å². The van der Waals surface area contributed by atoms with Gasteiger partial charge in [0, 0.05) is 23.8 Å². The Bertz CT molecular complexity index is 2260. The van der Waals surface area contributed by atoms with Gasteiger partial charge in [0.1, 0.15) is 40.5 Å². The van der Waals surface area contributed by atoms with Crippen LogP contribution in [0, 0.1) is 17.8 Å². The first-order chi connectivity index (χ1) is 28.8. The first kappa shape index (κ1) is 46.7. The van der Waals surface area contributed by atoms with Crippen LogP contribution in [-0.2, 0) is 30.6 Å². The highest BCUT2D eigenvalue weighted by molar-refractivity contribution is 7.91. The van der Waals surface area contributed by atoms with E-state index in [0.717, 1.165) is 11.8 Å². The van der Waals surface area contributed by atoms with Crippen molar-refractivity contribution in [3.63, 3.8) is 0 Å². The number of benzene rings is 1. The second kappa shape index (κ2) is 16.4. The van der Waals surface area contributed by atoms with E-state index in [1.54, 1.807) is 19.1 Å². The van der Waals surface area contributed by atoms with Gasteiger partial charge in [-0.15, -0.1) is 0 Å². The fraction of sp³-hybridized carbons (Fsp3) is 0.634.